The number of methoxy groups -OCH3 is 1. The molecule has 106 valence electrons. The van der Waals surface area contributed by atoms with E-state index in [1.807, 2.05) is 6.92 Å². The van der Waals surface area contributed by atoms with E-state index < -0.39 is 0 Å². The fourth-order valence-electron chi connectivity index (χ4n) is 1.33. The van der Waals surface area contributed by atoms with Gasteiger partial charge >= 0.3 is 0 Å². The van der Waals surface area contributed by atoms with Crippen molar-refractivity contribution in [2.75, 3.05) is 40.4 Å². The molecule has 0 aliphatic heterocycles. The maximum atomic E-state index is 11.7. The highest BCUT2D eigenvalue weighted by Crippen LogP contribution is 2.05. The summed E-state index contributed by atoms with van der Waals surface area (Å²) in [7, 11) is 3.20. The number of nitrogens with one attached hydrogen (secondary N) is 1. The molecule has 0 saturated carbocycles. The van der Waals surface area contributed by atoms with Crippen LogP contribution in [0.4, 0.5) is 0 Å². The Hall–Kier alpha value is -1.14. The van der Waals surface area contributed by atoms with E-state index in [4.69, 9.17) is 10.5 Å². The first kappa shape index (κ1) is 16.9. The molecule has 0 aliphatic carbocycles. The van der Waals surface area contributed by atoms with Crippen LogP contribution in [0.3, 0.4) is 0 Å². The van der Waals surface area contributed by atoms with Gasteiger partial charge in [-0.2, -0.15) is 0 Å². The van der Waals surface area contributed by atoms with Gasteiger partial charge < -0.3 is 20.7 Å². The Balaban J connectivity index is 3.82. The molecule has 0 aliphatic rings. The van der Waals surface area contributed by atoms with Crippen LogP contribution in [0.25, 0.3) is 0 Å². The number of hydrogen-bond donors (Lipinski definition) is 2. The van der Waals surface area contributed by atoms with Crippen molar-refractivity contribution in [2.24, 2.45) is 11.7 Å². The predicted octanol–water partition coefficient (Wildman–Crippen LogP) is -0.418. The normalized spacial score (nSPS) is 12.0. The van der Waals surface area contributed by atoms with Crippen molar-refractivity contribution in [1.29, 1.82) is 0 Å². The summed E-state index contributed by atoms with van der Waals surface area (Å²) in [5.74, 6) is 0.129. The quantitative estimate of drug-likeness (QED) is 0.551. The van der Waals surface area contributed by atoms with E-state index in [9.17, 15) is 9.59 Å². The van der Waals surface area contributed by atoms with Gasteiger partial charge in [-0.3, -0.25) is 9.59 Å². The summed E-state index contributed by atoms with van der Waals surface area (Å²) in [6.45, 7) is 3.60. The fraction of sp³-hybridized carbons (Fsp3) is 0.833. The number of nitrogens with zero attached hydrogens (tertiary/aromatic N) is 1. The summed E-state index contributed by atoms with van der Waals surface area (Å²) in [4.78, 5) is 24.6. The Morgan fingerprint density at radius 2 is 2.11 bits per heavy atom. The summed E-state index contributed by atoms with van der Waals surface area (Å²) < 4.78 is 4.81. The predicted molar refractivity (Wildman–Crippen MR) is 70.0 cm³/mol. The number of amides is 2. The van der Waals surface area contributed by atoms with Gasteiger partial charge in [0.25, 0.3) is 0 Å². The molecule has 6 nitrogen and oxygen atoms in total. The van der Waals surface area contributed by atoms with Gasteiger partial charge in [-0.05, 0) is 18.9 Å². The monoisotopic (exact) mass is 259 g/mol. The van der Waals surface area contributed by atoms with Crippen molar-refractivity contribution in [3.63, 3.8) is 0 Å². The first-order chi connectivity index (χ1) is 8.51. The number of carbonyl (C=O) groups excluding carboxylic acids is 2. The van der Waals surface area contributed by atoms with Crippen LogP contribution in [-0.2, 0) is 14.3 Å². The summed E-state index contributed by atoms with van der Waals surface area (Å²) in [5.41, 5.74) is 5.48. The van der Waals surface area contributed by atoms with Crippen LogP contribution in [0.15, 0.2) is 0 Å². The maximum Gasteiger partial charge on any atom is 0.239 e. The molecule has 1 unspecified atom stereocenters. The zero-order valence-corrected chi connectivity index (χ0v) is 11.6. The molecule has 0 rings (SSSR count). The molecule has 18 heavy (non-hydrogen) atoms. The largest absolute Gasteiger partial charge is 0.383 e. The number of rotatable bonds is 9. The third kappa shape index (κ3) is 8.03. The van der Waals surface area contributed by atoms with Gasteiger partial charge in [-0.15, -0.1) is 0 Å². The SMILES string of the molecule is COCCNC(=O)CN(C)C(=O)CCC(C)CN. The van der Waals surface area contributed by atoms with Crippen molar-refractivity contribution >= 4 is 11.8 Å². The molecule has 0 spiro atoms. The lowest BCUT2D eigenvalue weighted by molar-refractivity contribution is -0.135. The average molecular weight is 259 g/mol. The molecule has 0 heterocycles. The van der Waals surface area contributed by atoms with Gasteiger partial charge in [-0.25, -0.2) is 0 Å². The molecule has 6 heteroatoms. The van der Waals surface area contributed by atoms with E-state index in [2.05, 4.69) is 5.32 Å². The van der Waals surface area contributed by atoms with Crippen molar-refractivity contribution in [3.05, 3.63) is 0 Å². The Kier molecular flexibility index (Phi) is 9.22. The Morgan fingerprint density at radius 3 is 2.67 bits per heavy atom. The van der Waals surface area contributed by atoms with Gasteiger partial charge in [0.2, 0.25) is 11.8 Å². The zero-order chi connectivity index (χ0) is 14.0. The third-order valence-electron chi connectivity index (χ3n) is 2.69. The van der Waals surface area contributed by atoms with Gasteiger partial charge in [0, 0.05) is 27.1 Å². The lowest BCUT2D eigenvalue weighted by atomic mass is 10.1. The first-order valence-electron chi connectivity index (χ1n) is 6.20. The van der Waals surface area contributed by atoms with Crippen molar-refractivity contribution in [1.82, 2.24) is 10.2 Å². The second-order valence-corrected chi connectivity index (χ2v) is 4.47. The third-order valence-corrected chi connectivity index (χ3v) is 2.69. The topological polar surface area (TPSA) is 84.7 Å². The van der Waals surface area contributed by atoms with Crippen LogP contribution in [-0.4, -0.2) is 57.1 Å². The van der Waals surface area contributed by atoms with Crippen LogP contribution in [0, 0.1) is 5.92 Å². The van der Waals surface area contributed by atoms with Gasteiger partial charge in [0.15, 0.2) is 0 Å². The lowest BCUT2D eigenvalue weighted by Gasteiger charge is -2.17. The molecule has 0 fully saturated rings. The Morgan fingerprint density at radius 1 is 1.44 bits per heavy atom. The summed E-state index contributed by atoms with van der Waals surface area (Å²) in [5, 5.41) is 2.67. The van der Waals surface area contributed by atoms with Crippen LogP contribution in [0.5, 0.6) is 0 Å². The van der Waals surface area contributed by atoms with Gasteiger partial charge in [-0.1, -0.05) is 6.92 Å². The zero-order valence-electron chi connectivity index (χ0n) is 11.6. The first-order valence-corrected chi connectivity index (χ1v) is 6.20. The van der Waals surface area contributed by atoms with Crippen molar-refractivity contribution in [3.8, 4) is 0 Å². The van der Waals surface area contributed by atoms with E-state index in [0.717, 1.165) is 6.42 Å². The molecular formula is C12H25N3O3. The minimum absolute atomic E-state index is 0.0304. The summed E-state index contributed by atoms with van der Waals surface area (Å²) in [6.07, 6.45) is 1.19. The minimum atomic E-state index is -0.172. The smallest absolute Gasteiger partial charge is 0.239 e. The molecule has 0 bridgehead atoms. The highest BCUT2D eigenvalue weighted by Gasteiger charge is 2.13. The maximum absolute atomic E-state index is 11.7. The lowest BCUT2D eigenvalue weighted by Crippen LogP contribution is -2.39. The molecule has 1 atom stereocenters. The number of nitrogens with two attached hydrogens (primary N) is 1. The second-order valence-electron chi connectivity index (χ2n) is 4.47. The molecule has 0 saturated heterocycles. The Bertz CT molecular complexity index is 259. The summed E-state index contributed by atoms with van der Waals surface area (Å²) >= 11 is 0. The van der Waals surface area contributed by atoms with E-state index in [1.54, 1.807) is 14.2 Å². The number of hydrogen-bond acceptors (Lipinski definition) is 4. The number of likely N-dealkylation sites (N-methyl/N-ethyl adjacent to an activating group) is 1. The van der Waals surface area contributed by atoms with Crippen molar-refractivity contribution in [2.45, 2.75) is 19.8 Å². The van der Waals surface area contributed by atoms with Crippen LogP contribution in [0.2, 0.25) is 0 Å². The molecule has 0 aromatic heterocycles. The highest BCUT2D eigenvalue weighted by atomic mass is 16.5. The van der Waals surface area contributed by atoms with Crippen LogP contribution in [0.1, 0.15) is 19.8 Å². The van der Waals surface area contributed by atoms with Gasteiger partial charge in [0.05, 0.1) is 13.2 Å². The highest BCUT2D eigenvalue weighted by molar-refractivity contribution is 5.84. The van der Waals surface area contributed by atoms with E-state index >= 15 is 0 Å². The number of carbonyl (C=O) groups is 2. The molecule has 0 radical (unpaired) electrons. The van der Waals surface area contributed by atoms with Crippen LogP contribution >= 0.6 is 0 Å². The Labute approximate surface area is 109 Å². The van der Waals surface area contributed by atoms with E-state index in [1.165, 1.54) is 4.90 Å². The minimum Gasteiger partial charge on any atom is -0.383 e. The van der Waals surface area contributed by atoms with E-state index in [0.29, 0.717) is 32.0 Å². The fourth-order valence-corrected chi connectivity index (χ4v) is 1.33. The molecular weight excluding hydrogens is 234 g/mol. The summed E-state index contributed by atoms with van der Waals surface area (Å²) in [6, 6.07) is 0. The standard InChI is InChI=1S/C12H25N3O3/c1-10(8-13)4-5-12(17)15(2)9-11(16)14-6-7-18-3/h10H,4-9,13H2,1-3H3,(H,14,16). The van der Waals surface area contributed by atoms with Crippen molar-refractivity contribution < 1.29 is 14.3 Å². The molecule has 0 aromatic carbocycles. The van der Waals surface area contributed by atoms with E-state index in [-0.39, 0.29) is 18.4 Å². The molecule has 2 amide bonds. The molecule has 3 N–H and O–H groups in total. The number of ether oxygens (including phenoxy) is 1. The second kappa shape index (κ2) is 9.85. The average Bonchev–Trinajstić information content (AvgIpc) is 2.35. The van der Waals surface area contributed by atoms with Crippen LogP contribution < -0.4 is 11.1 Å². The van der Waals surface area contributed by atoms with Gasteiger partial charge in [0.1, 0.15) is 0 Å². The molecule has 0 aromatic rings.